The van der Waals surface area contributed by atoms with Gasteiger partial charge in [0.25, 0.3) is 0 Å². The molecule has 0 atom stereocenters. The average Bonchev–Trinajstić information content (AvgIpc) is 2.67. The van der Waals surface area contributed by atoms with Crippen LogP contribution >= 0.6 is 0 Å². The van der Waals surface area contributed by atoms with Crippen molar-refractivity contribution in [1.82, 2.24) is 0 Å². The SMILES string of the molecule is CO/N=C(C)/C(=N\OC)C(/C)=N/OCc1ccccc1N(OC)C(=O)OC. The molecule has 148 valence electrons. The van der Waals surface area contributed by atoms with E-state index in [1.165, 1.54) is 28.4 Å². The second-order valence-corrected chi connectivity index (χ2v) is 5.01. The summed E-state index contributed by atoms with van der Waals surface area (Å²) in [4.78, 5) is 31.9. The number of methoxy groups -OCH3 is 1. The Morgan fingerprint density at radius 3 is 2.19 bits per heavy atom. The summed E-state index contributed by atoms with van der Waals surface area (Å²) in [6.07, 6.45) is -0.662. The van der Waals surface area contributed by atoms with Crippen molar-refractivity contribution in [3.63, 3.8) is 0 Å². The Morgan fingerprint density at radius 1 is 0.963 bits per heavy atom. The molecule has 10 nitrogen and oxygen atoms in total. The molecular weight excluding hydrogens is 356 g/mol. The zero-order valence-corrected chi connectivity index (χ0v) is 16.3. The molecule has 0 N–H and O–H groups in total. The van der Waals surface area contributed by atoms with Gasteiger partial charge in [-0.25, -0.2) is 4.79 Å². The van der Waals surface area contributed by atoms with Crippen LogP contribution in [-0.2, 0) is 30.7 Å². The molecule has 0 saturated heterocycles. The standard InChI is InChI=1S/C17H24N4O6/c1-12(18-24-4)16(20-25-5)13(2)19-27-11-14-9-7-8-10-15(14)21(26-6)17(22)23-3/h7-10H,11H2,1-6H3/b18-12+,19-13+,20-16+. The van der Waals surface area contributed by atoms with Crippen LogP contribution in [0.5, 0.6) is 0 Å². The fraction of sp³-hybridized carbons (Fsp3) is 0.412. The van der Waals surface area contributed by atoms with Gasteiger partial charge < -0.3 is 19.2 Å². The van der Waals surface area contributed by atoms with Crippen LogP contribution in [0.15, 0.2) is 39.7 Å². The first-order valence-corrected chi connectivity index (χ1v) is 7.86. The van der Waals surface area contributed by atoms with Crippen LogP contribution < -0.4 is 5.06 Å². The molecule has 10 heteroatoms. The lowest BCUT2D eigenvalue weighted by molar-refractivity contribution is 0.111. The van der Waals surface area contributed by atoms with Gasteiger partial charge in [-0.3, -0.25) is 4.84 Å². The Morgan fingerprint density at radius 2 is 1.59 bits per heavy atom. The molecule has 0 aromatic heterocycles. The van der Waals surface area contributed by atoms with Crippen molar-refractivity contribution < 1.29 is 28.9 Å². The van der Waals surface area contributed by atoms with Crippen LogP contribution in [0.2, 0.25) is 0 Å². The van der Waals surface area contributed by atoms with E-state index in [1.54, 1.807) is 38.1 Å². The molecule has 0 fully saturated rings. The number of hydroxylamine groups is 1. The Kier molecular flexibility index (Phi) is 9.30. The first-order chi connectivity index (χ1) is 13.0. The second-order valence-electron chi connectivity index (χ2n) is 5.01. The zero-order chi connectivity index (χ0) is 20.2. The maximum absolute atomic E-state index is 11.8. The lowest BCUT2D eigenvalue weighted by atomic mass is 10.2. The van der Waals surface area contributed by atoms with Gasteiger partial charge in [-0.2, -0.15) is 5.06 Å². The molecule has 27 heavy (non-hydrogen) atoms. The molecule has 1 aromatic rings. The third-order valence-corrected chi connectivity index (χ3v) is 3.25. The van der Waals surface area contributed by atoms with Crippen LogP contribution in [0.4, 0.5) is 10.5 Å². The highest BCUT2D eigenvalue weighted by Crippen LogP contribution is 2.22. The van der Waals surface area contributed by atoms with E-state index in [4.69, 9.17) is 24.1 Å². The van der Waals surface area contributed by atoms with E-state index in [-0.39, 0.29) is 6.61 Å². The summed E-state index contributed by atoms with van der Waals surface area (Å²) in [5.74, 6) is 0. The van der Waals surface area contributed by atoms with Crippen molar-refractivity contribution in [3.05, 3.63) is 29.8 Å². The predicted octanol–water partition coefficient (Wildman–Crippen LogP) is 2.74. The molecular formula is C17H24N4O6. The van der Waals surface area contributed by atoms with E-state index in [1.807, 2.05) is 0 Å². The number of rotatable bonds is 9. The van der Waals surface area contributed by atoms with E-state index in [0.29, 0.717) is 28.4 Å². The quantitative estimate of drug-likeness (QED) is 0.482. The minimum absolute atomic E-state index is 0.0745. The third kappa shape index (κ3) is 6.26. The number of para-hydroxylation sites is 1. The molecule has 0 bridgehead atoms. The lowest BCUT2D eigenvalue weighted by Crippen LogP contribution is -2.30. The lowest BCUT2D eigenvalue weighted by Gasteiger charge is -2.20. The van der Waals surface area contributed by atoms with Crippen molar-refractivity contribution in [2.45, 2.75) is 20.5 Å². The van der Waals surface area contributed by atoms with Crippen molar-refractivity contribution in [1.29, 1.82) is 0 Å². The minimum atomic E-state index is -0.662. The molecule has 0 heterocycles. The Labute approximate surface area is 157 Å². The molecule has 1 rings (SSSR count). The van der Waals surface area contributed by atoms with Crippen molar-refractivity contribution in [2.75, 3.05) is 33.5 Å². The fourth-order valence-corrected chi connectivity index (χ4v) is 2.09. The number of hydrogen-bond donors (Lipinski definition) is 0. The summed E-state index contributed by atoms with van der Waals surface area (Å²) in [5, 5.41) is 12.7. The topological polar surface area (TPSA) is 104 Å². The molecule has 0 saturated carbocycles. The summed E-state index contributed by atoms with van der Waals surface area (Å²) in [7, 11) is 5.47. The Balaban J connectivity index is 2.98. The largest absolute Gasteiger partial charge is 0.451 e. The number of carbonyl (C=O) groups excluding carboxylic acids is 1. The highest BCUT2D eigenvalue weighted by atomic mass is 16.7. The highest BCUT2D eigenvalue weighted by molar-refractivity contribution is 6.67. The van der Waals surface area contributed by atoms with Gasteiger partial charge in [0, 0.05) is 5.56 Å². The number of nitrogens with zero attached hydrogens (tertiary/aromatic N) is 4. The summed E-state index contributed by atoms with van der Waals surface area (Å²) < 4.78 is 4.70. The van der Waals surface area contributed by atoms with Crippen LogP contribution in [0.25, 0.3) is 0 Å². The highest BCUT2D eigenvalue weighted by Gasteiger charge is 2.19. The number of carbonyl (C=O) groups is 1. The monoisotopic (exact) mass is 380 g/mol. The molecule has 1 amide bonds. The van der Waals surface area contributed by atoms with E-state index in [0.717, 1.165) is 5.06 Å². The molecule has 0 spiro atoms. The minimum Gasteiger partial charge on any atom is -0.451 e. The summed E-state index contributed by atoms with van der Waals surface area (Å²) in [6, 6.07) is 7.03. The van der Waals surface area contributed by atoms with Gasteiger partial charge in [0.15, 0.2) is 5.71 Å². The number of hydrogen-bond acceptors (Lipinski definition) is 9. The van der Waals surface area contributed by atoms with Crippen LogP contribution in [0.3, 0.4) is 0 Å². The maximum atomic E-state index is 11.8. The summed E-state index contributed by atoms with van der Waals surface area (Å²) >= 11 is 0. The van der Waals surface area contributed by atoms with E-state index >= 15 is 0 Å². The third-order valence-electron chi connectivity index (χ3n) is 3.25. The van der Waals surface area contributed by atoms with Gasteiger partial charge in [-0.1, -0.05) is 33.7 Å². The molecule has 0 aliphatic rings. The van der Waals surface area contributed by atoms with Gasteiger partial charge in [0.1, 0.15) is 32.2 Å². The van der Waals surface area contributed by atoms with Crippen molar-refractivity contribution >= 4 is 28.9 Å². The molecule has 0 aliphatic heterocycles. The number of amides is 1. The maximum Gasteiger partial charge on any atom is 0.438 e. The first kappa shape index (κ1) is 21.9. The number of oxime groups is 3. The second kappa shape index (κ2) is 11.5. The van der Waals surface area contributed by atoms with Crippen LogP contribution in [-0.4, -0.2) is 51.7 Å². The van der Waals surface area contributed by atoms with Gasteiger partial charge in [0.05, 0.1) is 19.9 Å². The molecule has 0 aliphatic carbocycles. The van der Waals surface area contributed by atoms with Crippen molar-refractivity contribution in [2.24, 2.45) is 15.5 Å². The van der Waals surface area contributed by atoms with E-state index < -0.39 is 6.09 Å². The van der Waals surface area contributed by atoms with Crippen LogP contribution in [0, 0.1) is 0 Å². The van der Waals surface area contributed by atoms with Gasteiger partial charge in [-0.05, 0) is 19.9 Å². The van der Waals surface area contributed by atoms with Crippen LogP contribution in [0.1, 0.15) is 19.4 Å². The first-order valence-electron chi connectivity index (χ1n) is 7.86. The predicted molar refractivity (Wildman–Crippen MR) is 101 cm³/mol. The molecule has 0 unspecified atom stereocenters. The fourth-order valence-electron chi connectivity index (χ4n) is 2.09. The van der Waals surface area contributed by atoms with Gasteiger partial charge >= 0.3 is 6.09 Å². The number of ether oxygens (including phenoxy) is 1. The number of benzene rings is 1. The Bertz CT molecular complexity index is 717. The van der Waals surface area contributed by atoms with E-state index in [2.05, 4.69) is 15.5 Å². The zero-order valence-electron chi connectivity index (χ0n) is 16.3. The Hall–Kier alpha value is -3.14. The molecule has 0 radical (unpaired) electrons. The normalized spacial score (nSPS) is 12.4. The van der Waals surface area contributed by atoms with Gasteiger partial charge in [-0.15, -0.1) is 0 Å². The van der Waals surface area contributed by atoms with E-state index in [9.17, 15) is 4.79 Å². The van der Waals surface area contributed by atoms with Crippen molar-refractivity contribution in [3.8, 4) is 0 Å². The molecule has 1 aromatic carbocycles. The smallest absolute Gasteiger partial charge is 0.438 e. The van der Waals surface area contributed by atoms with Gasteiger partial charge in [0.2, 0.25) is 0 Å². The summed E-state index contributed by atoms with van der Waals surface area (Å²) in [6.45, 7) is 3.46. The summed E-state index contributed by atoms with van der Waals surface area (Å²) in [5.41, 5.74) is 2.42. The average molecular weight is 380 g/mol. The number of anilines is 1.